The number of hydrogen-bond donors (Lipinski definition) is 1. The smallest absolute Gasteiger partial charge is 0.327 e. The molecule has 0 saturated carbocycles. The van der Waals surface area contributed by atoms with Crippen LogP contribution in [0.25, 0.3) is 23.0 Å². The lowest BCUT2D eigenvalue weighted by molar-refractivity contribution is -0.145. The van der Waals surface area contributed by atoms with Gasteiger partial charge in [0.2, 0.25) is 0 Å². The van der Waals surface area contributed by atoms with Gasteiger partial charge in [-0.05, 0) is 35.9 Å². The molecule has 2 heterocycles. The van der Waals surface area contributed by atoms with E-state index in [9.17, 15) is 14.7 Å². The van der Waals surface area contributed by atoms with Crippen LogP contribution >= 0.6 is 35.6 Å². The first kappa shape index (κ1) is 25.0. The number of thioether (sulfide) groups is 1. The Morgan fingerprint density at radius 2 is 1.68 bits per heavy atom. The number of carboxylic acid groups (broad SMARTS) is 1. The van der Waals surface area contributed by atoms with Gasteiger partial charge in [-0.2, -0.15) is 5.10 Å². The predicted molar refractivity (Wildman–Crippen MR) is 151 cm³/mol. The maximum Gasteiger partial charge on any atom is 0.327 e. The Bertz CT molecular complexity index is 1500. The quantitative estimate of drug-likeness (QED) is 0.224. The Morgan fingerprint density at radius 3 is 2.32 bits per heavy atom. The van der Waals surface area contributed by atoms with E-state index in [-0.39, 0.29) is 10.7 Å². The third kappa shape index (κ3) is 5.36. The Kier molecular flexibility index (Phi) is 7.23. The van der Waals surface area contributed by atoms with Crippen LogP contribution in [0.1, 0.15) is 11.1 Å². The molecule has 1 amide bonds. The number of aromatic nitrogens is 2. The molecule has 1 fully saturated rings. The van der Waals surface area contributed by atoms with E-state index in [1.807, 2.05) is 79.0 Å². The van der Waals surface area contributed by atoms with E-state index in [1.54, 1.807) is 22.9 Å². The summed E-state index contributed by atoms with van der Waals surface area (Å²) in [5, 5.41) is 15.3. The van der Waals surface area contributed by atoms with Crippen molar-refractivity contribution in [2.45, 2.75) is 12.5 Å². The molecule has 37 heavy (non-hydrogen) atoms. The molecule has 0 bridgehead atoms. The summed E-state index contributed by atoms with van der Waals surface area (Å²) in [5.74, 6) is -1.55. The zero-order valence-corrected chi connectivity index (χ0v) is 21.7. The summed E-state index contributed by atoms with van der Waals surface area (Å²) in [4.78, 5) is 27.2. The van der Waals surface area contributed by atoms with Gasteiger partial charge in [-0.1, -0.05) is 96.2 Å². The highest BCUT2D eigenvalue weighted by atomic mass is 35.5. The molecule has 0 radical (unpaired) electrons. The fraction of sp³-hybridized carbons (Fsp3) is 0.0714. The number of carboxylic acids is 1. The average molecular weight is 546 g/mol. The highest BCUT2D eigenvalue weighted by Crippen LogP contribution is 2.36. The zero-order valence-electron chi connectivity index (χ0n) is 19.3. The third-order valence-electron chi connectivity index (χ3n) is 5.86. The van der Waals surface area contributed by atoms with Gasteiger partial charge in [0, 0.05) is 28.8 Å². The molecule has 0 unspecified atom stereocenters. The molecule has 9 heteroatoms. The Morgan fingerprint density at radius 1 is 1.03 bits per heavy atom. The minimum absolute atomic E-state index is 0.151. The molecule has 1 aliphatic heterocycles. The van der Waals surface area contributed by atoms with Crippen LogP contribution in [0.5, 0.6) is 0 Å². The summed E-state index contributed by atoms with van der Waals surface area (Å²) in [6.07, 6.45) is 3.71. The van der Waals surface area contributed by atoms with Crippen LogP contribution in [-0.2, 0) is 16.0 Å². The summed E-state index contributed by atoms with van der Waals surface area (Å²) in [5.41, 5.74) is 3.85. The second-order valence-corrected chi connectivity index (χ2v) is 10.4. The maximum absolute atomic E-state index is 13.5. The number of thiocarbonyl (C=S) groups is 1. The molecule has 184 valence electrons. The van der Waals surface area contributed by atoms with Gasteiger partial charge in [0.25, 0.3) is 5.91 Å². The second-order valence-electron chi connectivity index (χ2n) is 8.32. The Hall–Kier alpha value is -3.72. The second kappa shape index (κ2) is 10.7. The molecule has 1 saturated heterocycles. The van der Waals surface area contributed by atoms with E-state index in [2.05, 4.69) is 0 Å². The number of nitrogens with zero attached hydrogens (tertiary/aromatic N) is 3. The number of carbonyl (C=O) groups excluding carboxylic acids is 1. The SMILES string of the molecule is O=C(O)[C@@H](Cc1ccccc1)N1C(=O)/C(=C/c2cn(-c3ccccc3)nc2-c2ccc(Cl)cc2)SC1=S. The number of aliphatic carboxylic acids is 1. The van der Waals surface area contributed by atoms with E-state index < -0.39 is 17.9 Å². The Labute approximate surface area is 228 Å². The molecular weight excluding hydrogens is 526 g/mol. The molecule has 0 aliphatic carbocycles. The van der Waals surface area contributed by atoms with Gasteiger partial charge in [0.15, 0.2) is 0 Å². The Balaban J connectivity index is 1.52. The van der Waals surface area contributed by atoms with Crippen molar-refractivity contribution in [1.82, 2.24) is 14.7 Å². The van der Waals surface area contributed by atoms with Crippen molar-refractivity contribution in [3.8, 4) is 16.9 Å². The summed E-state index contributed by atoms with van der Waals surface area (Å²) >= 11 is 12.7. The number of amides is 1. The van der Waals surface area contributed by atoms with Crippen molar-refractivity contribution in [1.29, 1.82) is 0 Å². The van der Waals surface area contributed by atoms with Crippen LogP contribution in [0.15, 0.2) is 96.0 Å². The highest BCUT2D eigenvalue weighted by Gasteiger charge is 2.40. The van der Waals surface area contributed by atoms with Crippen molar-refractivity contribution in [2.75, 3.05) is 0 Å². The molecular formula is C28H20ClN3O3S2. The molecule has 0 spiro atoms. The molecule has 4 aromatic rings. The van der Waals surface area contributed by atoms with E-state index in [4.69, 9.17) is 28.9 Å². The third-order valence-corrected chi connectivity index (χ3v) is 7.44. The van der Waals surface area contributed by atoms with Gasteiger partial charge in [-0.3, -0.25) is 9.69 Å². The molecule has 6 nitrogen and oxygen atoms in total. The van der Waals surface area contributed by atoms with E-state index in [0.29, 0.717) is 21.2 Å². The minimum atomic E-state index is -1.11. The molecule has 3 aromatic carbocycles. The molecule has 5 rings (SSSR count). The lowest BCUT2D eigenvalue weighted by Gasteiger charge is -2.23. The monoisotopic (exact) mass is 545 g/mol. The number of rotatable bonds is 7. The van der Waals surface area contributed by atoms with Crippen molar-refractivity contribution in [2.24, 2.45) is 0 Å². The maximum atomic E-state index is 13.5. The van der Waals surface area contributed by atoms with Crippen LogP contribution in [0, 0.1) is 0 Å². The summed E-state index contributed by atoms with van der Waals surface area (Å²) < 4.78 is 1.95. The van der Waals surface area contributed by atoms with Gasteiger partial charge in [0.05, 0.1) is 16.3 Å². The lowest BCUT2D eigenvalue weighted by atomic mass is 10.0. The van der Waals surface area contributed by atoms with Crippen LogP contribution in [-0.4, -0.2) is 42.0 Å². The van der Waals surface area contributed by atoms with Crippen molar-refractivity contribution in [3.05, 3.63) is 112 Å². The number of benzene rings is 3. The molecule has 1 atom stereocenters. The van der Waals surface area contributed by atoms with Crippen LogP contribution in [0.3, 0.4) is 0 Å². The lowest BCUT2D eigenvalue weighted by Crippen LogP contribution is -2.45. The summed E-state index contributed by atoms with van der Waals surface area (Å²) in [6.45, 7) is 0. The normalized spacial score (nSPS) is 15.4. The van der Waals surface area contributed by atoms with E-state index >= 15 is 0 Å². The van der Waals surface area contributed by atoms with Gasteiger partial charge in [-0.15, -0.1) is 0 Å². The van der Waals surface area contributed by atoms with Gasteiger partial charge in [-0.25, -0.2) is 9.48 Å². The zero-order chi connectivity index (χ0) is 25.9. The number of hydrogen-bond acceptors (Lipinski definition) is 5. The van der Waals surface area contributed by atoms with Gasteiger partial charge < -0.3 is 5.11 Å². The highest BCUT2D eigenvalue weighted by molar-refractivity contribution is 8.26. The molecule has 1 aromatic heterocycles. The summed E-state index contributed by atoms with van der Waals surface area (Å²) in [6, 6.07) is 25.0. The number of para-hydroxylation sites is 1. The van der Waals surface area contributed by atoms with Crippen LogP contribution in [0.4, 0.5) is 0 Å². The van der Waals surface area contributed by atoms with Crippen LogP contribution < -0.4 is 0 Å². The average Bonchev–Trinajstić information content (AvgIpc) is 3.44. The fourth-order valence-electron chi connectivity index (χ4n) is 4.05. The first-order valence-electron chi connectivity index (χ1n) is 11.4. The van der Waals surface area contributed by atoms with Crippen molar-refractivity contribution in [3.63, 3.8) is 0 Å². The molecule has 1 aliphatic rings. The number of halogens is 1. The standard InChI is InChI=1S/C28H20ClN3O3S2/c29-21-13-11-19(12-14-21)25-20(17-31(30-25)22-9-5-2-6-10-22)16-24-26(33)32(28(36)37-24)23(27(34)35)15-18-7-3-1-4-8-18/h1-14,16-17,23H,15H2,(H,34,35)/b24-16-/t23-/m1/s1. The van der Waals surface area contributed by atoms with E-state index in [0.717, 1.165) is 28.6 Å². The van der Waals surface area contributed by atoms with Crippen molar-refractivity contribution < 1.29 is 14.7 Å². The van der Waals surface area contributed by atoms with Gasteiger partial charge >= 0.3 is 5.97 Å². The van der Waals surface area contributed by atoms with Crippen molar-refractivity contribution >= 4 is 57.9 Å². The first-order valence-corrected chi connectivity index (χ1v) is 13.0. The fourth-order valence-corrected chi connectivity index (χ4v) is 5.53. The van der Waals surface area contributed by atoms with E-state index in [1.165, 1.54) is 4.90 Å². The first-order chi connectivity index (χ1) is 17.9. The molecule has 1 N–H and O–H groups in total. The summed E-state index contributed by atoms with van der Waals surface area (Å²) in [7, 11) is 0. The van der Waals surface area contributed by atoms with Crippen LogP contribution in [0.2, 0.25) is 5.02 Å². The van der Waals surface area contributed by atoms with Gasteiger partial charge in [0.1, 0.15) is 10.4 Å². The number of carbonyl (C=O) groups is 2. The predicted octanol–water partition coefficient (Wildman–Crippen LogP) is 6.09. The minimum Gasteiger partial charge on any atom is -0.480 e. The topological polar surface area (TPSA) is 75.4 Å². The largest absolute Gasteiger partial charge is 0.480 e.